The number of hydrogen-bond acceptors (Lipinski definition) is 4. The van der Waals surface area contributed by atoms with E-state index in [-0.39, 0.29) is 13.1 Å². The highest BCUT2D eigenvalue weighted by molar-refractivity contribution is 7.80. The summed E-state index contributed by atoms with van der Waals surface area (Å²) >= 11 is 3.95. The zero-order valence-electron chi connectivity index (χ0n) is 6.56. The lowest BCUT2D eigenvalue weighted by Crippen LogP contribution is -2.14. The second-order valence-corrected chi connectivity index (χ2v) is 2.50. The summed E-state index contributed by atoms with van der Waals surface area (Å²) in [5.74, 6) is 2.85. The van der Waals surface area contributed by atoms with Crippen LogP contribution in [0.25, 0.3) is 0 Å². The molecule has 0 saturated heterocycles. The molecule has 0 atom stereocenters. The predicted molar refractivity (Wildman–Crippen MR) is 51.5 cm³/mol. The maximum absolute atomic E-state index is 10.1. The lowest BCUT2D eigenvalue weighted by atomic mass is 10.3. The van der Waals surface area contributed by atoms with Gasteiger partial charge in [-0.15, -0.1) is 6.42 Å². The van der Waals surface area contributed by atoms with Crippen LogP contribution in [-0.4, -0.2) is 29.5 Å². The highest BCUT2D eigenvalue weighted by Gasteiger charge is 2.05. The monoisotopic (exact) mass is 186 g/mol. The van der Waals surface area contributed by atoms with Crippen LogP contribution < -0.4 is 0 Å². The van der Waals surface area contributed by atoms with Gasteiger partial charge in [0.05, 0.1) is 12.3 Å². The second kappa shape index (κ2) is 6.68. The molecule has 0 radical (unpaired) electrons. The molecule has 0 spiro atoms. The number of aliphatic imine (C=N–C) groups is 1. The van der Waals surface area contributed by atoms with Crippen LogP contribution in [0.2, 0.25) is 0 Å². The van der Waals surface area contributed by atoms with Gasteiger partial charge in [-0.3, -0.25) is 15.1 Å². The molecule has 4 nitrogen and oxygen atoms in total. The summed E-state index contributed by atoms with van der Waals surface area (Å²) < 4.78 is 0. The van der Waals surface area contributed by atoms with Crippen molar-refractivity contribution in [2.24, 2.45) is 4.99 Å². The number of thiol groups is 1. The van der Waals surface area contributed by atoms with Crippen LogP contribution in [0.4, 0.5) is 0 Å². The van der Waals surface area contributed by atoms with E-state index in [4.69, 9.17) is 6.42 Å². The maximum Gasteiger partial charge on any atom is 0.241 e. The smallest absolute Gasteiger partial charge is 0.241 e. The van der Waals surface area contributed by atoms with Gasteiger partial charge < -0.3 is 0 Å². The summed E-state index contributed by atoms with van der Waals surface area (Å²) in [6.45, 7) is -0.0286. The topological polar surface area (TPSA) is 55.5 Å². The Balaban J connectivity index is 4.04. The molecule has 0 aromatic heterocycles. The van der Waals surface area contributed by atoms with Crippen LogP contribution in [0.5, 0.6) is 0 Å². The Bertz CT molecular complexity index is 220. The average Bonchev–Trinajstić information content (AvgIpc) is 2.00. The van der Waals surface area contributed by atoms with Gasteiger partial charge in [-0.05, 0) is 5.75 Å². The standard InChI is InChI=1S/C7H10N2O2S/c1-2-4-8-7(3-5-12)6-9(10)11/h1,12H,3-6H2. The van der Waals surface area contributed by atoms with Crippen molar-refractivity contribution in [3.8, 4) is 12.3 Å². The van der Waals surface area contributed by atoms with Crippen molar-refractivity contribution in [2.75, 3.05) is 18.8 Å². The average molecular weight is 186 g/mol. The molecule has 0 unspecified atom stereocenters. The Morgan fingerprint density at radius 1 is 1.75 bits per heavy atom. The number of terminal acetylenes is 1. The summed E-state index contributed by atoms with van der Waals surface area (Å²) in [6.07, 6.45) is 5.48. The van der Waals surface area contributed by atoms with Gasteiger partial charge in [0, 0.05) is 11.3 Å². The fourth-order valence-electron chi connectivity index (χ4n) is 0.644. The third kappa shape index (κ3) is 5.74. The van der Waals surface area contributed by atoms with Crippen LogP contribution in [0, 0.1) is 22.5 Å². The molecule has 5 heteroatoms. The van der Waals surface area contributed by atoms with Crippen LogP contribution >= 0.6 is 12.6 Å². The van der Waals surface area contributed by atoms with E-state index >= 15 is 0 Å². The molecular formula is C7H10N2O2S. The van der Waals surface area contributed by atoms with Crippen molar-refractivity contribution >= 4 is 18.3 Å². The first-order valence-electron chi connectivity index (χ1n) is 3.39. The van der Waals surface area contributed by atoms with E-state index in [0.717, 1.165) is 0 Å². The molecule has 66 valence electrons. The first-order chi connectivity index (χ1) is 5.70. The van der Waals surface area contributed by atoms with Gasteiger partial charge in [0.1, 0.15) is 0 Å². The van der Waals surface area contributed by atoms with E-state index in [1.54, 1.807) is 0 Å². The van der Waals surface area contributed by atoms with Crippen LogP contribution in [0.15, 0.2) is 4.99 Å². The molecule has 0 fully saturated rings. The third-order valence-corrected chi connectivity index (χ3v) is 1.33. The zero-order chi connectivity index (χ0) is 9.40. The van der Waals surface area contributed by atoms with Crippen molar-refractivity contribution in [3.05, 3.63) is 10.1 Å². The summed E-state index contributed by atoms with van der Waals surface area (Å²) in [7, 11) is 0. The van der Waals surface area contributed by atoms with Crippen molar-refractivity contribution in [3.63, 3.8) is 0 Å². The lowest BCUT2D eigenvalue weighted by Gasteiger charge is -1.97. The van der Waals surface area contributed by atoms with Gasteiger partial charge in [-0.25, -0.2) is 0 Å². The van der Waals surface area contributed by atoms with Gasteiger partial charge in [0.15, 0.2) is 0 Å². The summed E-state index contributed by atoms with van der Waals surface area (Å²) in [6, 6.07) is 0. The Kier molecular flexibility index (Phi) is 6.11. The molecule has 0 amide bonds. The van der Waals surface area contributed by atoms with E-state index in [1.165, 1.54) is 0 Å². The molecule has 0 rings (SSSR count). The highest BCUT2D eigenvalue weighted by Crippen LogP contribution is 1.91. The molecule has 0 heterocycles. The number of rotatable bonds is 5. The first kappa shape index (κ1) is 11.0. The van der Waals surface area contributed by atoms with Gasteiger partial charge >= 0.3 is 0 Å². The van der Waals surface area contributed by atoms with Crippen LogP contribution in [0.3, 0.4) is 0 Å². The molecule has 0 aromatic carbocycles. The van der Waals surface area contributed by atoms with E-state index in [0.29, 0.717) is 17.9 Å². The van der Waals surface area contributed by atoms with E-state index < -0.39 is 4.92 Å². The Morgan fingerprint density at radius 2 is 2.42 bits per heavy atom. The lowest BCUT2D eigenvalue weighted by molar-refractivity contribution is -0.463. The van der Waals surface area contributed by atoms with Crippen molar-refractivity contribution < 1.29 is 4.92 Å². The third-order valence-electron chi connectivity index (χ3n) is 1.11. The maximum atomic E-state index is 10.1. The SMILES string of the molecule is C#CCN=C(CCS)C[N+](=O)[O-]. The first-order valence-corrected chi connectivity index (χ1v) is 4.02. The number of hydrogen-bond donors (Lipinski definition) is 1. The quantitative estimate of drug-likeness (QED) is 0.225. The Hall–Kier alpha value is -1.02. The minimum absolute atomic E-state index is 0.205. The van der Waals surface area contributed by atoms with Crippen molar-refractivity contribution in [2.45, 2.75) is 6.42 Å². The van der Waals surface area contributed by atoms with Crippen LogP contribution in [-0.2, 0) is 0 Å². The number of nitro groups is 1. The summed E-state index contributed by atoms with van der Waals surface area (Å²) in [5, 5.41) is 10.1. The van der Waals surface area contributed by atoms with Crippen molar-refractivity contribution in [1.82, 2.24) is 0 Å². The van der Waals surface area contributed by atoms with Crippen molar-refractivity contribution in [1.29, 1.82) is 0 Å². The predicted octanol–water partition coefficient (Wildman–Crippen LogP) is 0.657. The molecule has 0 aliphatic carbocycles. The molecule has 0 bridgehead atoms. The molecular weight excluding hydrogens is 176 g/mol. The minimum Gasteiger partial charge on any atom is -0.274 e. The van der Waals surface area contributed by atoms with Gasteiger partial charge in [-0.2, -0.15) is 12.6 Å². The van der Waals surface area contributed by atoms with E-state index in [1.807, 2.05) is 0 Å². The highest BCUT2D eigenvalue weighted by atomic mass is 32.1. The zero-order valence-corrected chi connectivity index (χ0v) is 7.46. The Labute approximate surface area is 76.6 Å². The van der Waals surface area contributed by atoms with Crippen LogP contribution in [0.1, 0.15) is 6.42 Å². The largest absolute Gasteiger partial charge is 0.274 e. The Morgan fingerprint density at radius 3 is 2.83 bits per heavy atom. The number of nitrogens with zero attached hydrogens (tertiary/aromatic N) is 2. The summed E-state index contributed by atoms with van der Waals surface area (Å²) in [5.41, 5.74) is 0.507. The molecule has 0 aromatic rings. The normalized spacial score (nSPS) is 10.8. The molecule has 12 heavy (non-hydrogen) atoms. The fourth-order valence-corrected chi connectivity index (χ4v) is 0.902. The second-order valence-electron chi connectivity index (χ2n) is 2.05. The molecule has 0 aliphatic rings. The van der Waals surface area contributed by atoms with Gasteiger partial charge in [0.2, 0.25) is 6.54 Å². The minimum atomic E-state index is -0.418. The molecule has 0 aliphatic heterocycles. The van der Waals surface area contributed by atoms with Gasteiger partial charge in [0.25, 0.3) is 0 Å². The summed E-state index contributed by atoms with van der Waals surface area (Å²) in [4.78, 5) is 13.5. The fraction of sp³-hybridized carbons (Fsp3) is 0.571. The van der Waals surface area contributed by atoms with Gasteiger partial charge in [-0.1, -0.05) is 5.92 Å². The van der Waals surface area contributed by atoms with E-state index in [9.17, 15) is 10.1 Å². The molecule has 0 saturated carbocycles. The molecule has 0 N–H and O–H groups in total. The van der Waals surface area contributed by atoms with E-state index in [2.05, 4.69) is 23.5 Å².